The molecule has 0 N–H and O–H groups in total. The van der Waals surface area contributed by atoms with Gasteiger partial charge in [-0.05, 0) is 48.2 Å². The summed E-state index contributed by atoms with van der Waals surface area (Å²) in [6.07, 6.45) is 12.9. The molecule has 0 fully saturated rings. The van der Waals surface area contributed by atoms with E-state index < -0.39 is 0 Å². The van der Waals surface area contributed by atoms with Crippen molar-refractivity contribution >= 4 is 31.9 Å². The zero-order chi connectivity index (χ0) is 21.3. The number of alkyl halides is 2. The molecule has 2 aromatic rings. The molecule has 0 heterocycles. The lowest BCUT2D eigenvalue weighted by molar-refractivity contribution is 0.303. The van der Waals surface area contributed by atoms with E-state index in [1.165, 1.54) is 62.5 Å². The van der Waals surface area contributed by atoms with Crippen LogP contribution in [0.15, 0.2) is 48.5 Å². The third-order valence-electron chi connectivity index (χ3n) is 5.23. The lowest BCUT2D eigenvalue weighted by Gasteiger charge is -2.07. The molecule has 0 radical (unpaired) electrons. The first-order valence-electron chi connectivity index (χ1n) is 11.4. The van der Waals surface area contributed by atoms with Gasteiger partial charge in [-0.3, -0.25) is 0 Å². The number of halogens is 2. The van der Waals surface area contributed by atoms with Crippen molar-refractivity contribution in [2.75, 3.05) is 13.2 Å². The van der Waals surface area contributed by atoms with Crippen LogP contribution in [0.2, 0.25) is 0 Å². The molecule has 0 spiro atoms. The fraction of sp³-hybridized carbons (Fsp3) is 0.538. The molecule has 0 saturated heterocycles. The Balaban J connectivity index is 1.32. The van der Waals surface area contributed by atoms with Gasteiger partial charge in [0.1, 0.15) is 11.5 Å². The molecule has 0 saturated carbocycles. The van der Waals surface area contributed by atoms with Gasteiger partial charge in [0.15, 0.2) is 0 Å². The number of ether oxygens (including phenoxy) is 2. The third-order valence-corrected chi connectivity index (χ3v) is 6.53. The largest absolute Gasteiger partial charge is 0.494 e. The topological polar surface area (TPSA) is 18.5 Å². The molecule has 0 amide bonds. The van der Waals surface area contributed by atoms with Crippen LogP contribution in [-0.4, -0.2) is 13.2 Å². The van der Waals surface area contributed by atoms with Gasteiger partial charge in [0.05, 0.1) is 13.2 Å². The van der Waals surface area contributed by atoms with Crippen molar-refractivity contribution in [2.45, 2.75) is 74.9 Å². The first-order chi connectivity index (χ1) is 14.8. The van der Waals surface area contributed by atoms with Crippen LogP contribution in [0.1, 0.15) is 75.3 Å². The molecule has 166 valence electrons. The number of rotatable bonds is 17. The second-order valence-electron chi connectivity index (χ2n) is 7.79. The van der Waals surface area contributed by atoms with Crippen molar-refractivity contribution < 1.29 is 9.47 Å². The summed E-state index contributed by atoms with van der Waals surface area (Å²) in [6, 6.07) is 16.7. The molecule has 0 unspecified atom stereocenters. The van der Waals surface area contributed by atoms with Crippen molar-refractivity contribution in [1.82, 2.24) is 0 Å². The van der Waals surface area contributed by atoms with E-state index in [-0.39, 0.29) is 0 Å². The summed E-state index contributed by atoms with van der Waals surface area (Å²) >= 11 is 6.93. The van der Waals surface area contributed by atoms with E-state index in [1.807, 2.05) is 0 Å². The fourth-order valence-corrected chi connectivity index (χ4v) is 4.10. The van der Waals surface area contributed by atoms with Gasteiger partial charge in [0.2, 0.25) is 0 Å². The zero-order valence-corrected chi connectivity index (χ0v) is 21.3. The SMILES string of the molecule is BrCc1ccc(OCCCCCCCCCCCCOc2ccc(CBr)cc2)cc1. The van der Waals surface area contributed by atoms with Crippen molar-refractivity contribution in [3.63, 3.8) is 0 Å². The predicted molar refractivity (Wildman–Crippen MR) is 135 cm³/mol. The van der Waals surface area contributed by atoms with Crippen molar-refractivity contribution in [2.24, 2.45) is 0 Å². The molecule has 0 bridgehead atoms. The third kappa shape index (κ3) is 11.4. The van der Waals surface area contributed by atoms with E-state index in [9.17, 15) is 0 Å². The van der Waals surface area contributed by atoms with E-state index in [1.54, 1.807) is 0 Å². The van der Waals surface area contributed by atoms with E-state index >= 15 is 0 Å². The average molecular weight is 540 g/mol. The highest BCUT2D eigenvalue weighted by Crippen LogP contribution is 2.16. The molecule has 30 heavy (non-hydrogen) atoms. The van der Waals surface area contributed by atoms with Crippen LogP contribution in [0.25, 0.3) is 0 Å². The van der Waals surface area contributed by atoms with E-state index in [2.05, 4.69) is 80.4 Å². The summed E-state index contributed by atoms with van der Waals surface area (Å²) in [5.74, 6) is 1.97. The Kier molecular flexibility index (Phi) is 14.0. The van der Waals surface area contributed by atoms with Crippen LogP contribution < -0.4 is 9.47 Å². The van der Waals surface area contributed by atoms with Gasteiger partial charge in [-0.15, -0.1) is 0 Å². The summed E-state index contributed by atoms with van der Waals surface area (Å²) in [7, 11) is 0. The number of hydrogen-bond acceptors (Lipinski definition) is 2. The molecule has 2 nitrogen and oxygen atoms in total. The summed E-state index contributed by atoms with van der Waals surface area (Å²) in [4.78, 5) is 0. The summed E-state index contributed by atoms with van der Waals surface area (Å²) in [5.41, 5.74) is 2.57. The van der Waals surface area contributed by atoms with Crippen molar-refractivity contribution in [3.05, 3.63) is 59.7 Å². The second-order valence-corrected chi connectivity index (χ2v) is 8.91. The normalized spacial score (nSPS) is 10.9. The maximum absolute atomic E-state index is 5.81. The Hall–Kier alpha value is -1.00. The van der Waals surface area contributed by atoms with Crippen LogP contribution in [-0.2, 0) is 10.7 Å². The van der Waals surface area contributed by atoms with Gasteiger partial charge in [0.25, 0.3) is 0 Å². The van der Waals surface area contributed by atoms with Gasteiger partial charge in [-0.2, -0.15) is 0 Å². The average Bonchev–Trinajstić information content (AvgIpc) is 2.80. The van der Waals surface area contributed by atoms with Gasteiger partial charge in [-0.25, -0.2) is 0 Å². The molecule has 0 aromatic heterocycles. The number of unbranched alkanes of at least 4 members (excludes halogenated alkanes) is 9. The zero-order valence-electron chi connectivity index (χ0n) is 18.1. The highest BCUT2D eigenvalue weighted by molar-refractivity contribution is 9.08. The monoisotopic (exact) mass is 538 g/mol. The summed E-state index contributed by atoms with van der Waals surface area (Å²) < 4.78 is 11.6. The Morgan fingerprint density at radius 1 is 0.433 bits per heavy atom. The molecular formula is C26H36Br2O2. The summed E-state index contributed by atoms with van der Waals surface area (Å²) in [6.45, 7) is 1.66. The minimum Gasteiger partial charge on any atom is -0.494 e. The minimum absolute atomic E-state index is 0.830. The Morgan fingerprint density at radius 2 is 0.733 bits per heavy atom. The highest BCUT2D eigenvalue weighted by Gasteiger charge is 1.98. The highest BCUT2D eigenvalue weighted by atomic mass is 79.9. The van der Waals surface area contributed by atoms with Crippen LogP contribution in [0, 0.1) is 0 Å². The van der Waals surface area contributed by atoms with Crippen LogP contribution in [0.3, 0.4) is 0 Å². The molecule has 0 aliphatic carbocycles. The maximum Gasteiger partial charge on any atom is 0.119 e. The Morgan fingerprint density at radius 3 is 1.03 bits per heavy atom. The molecule has 0 atom stereocenters. The predicted octanol–water partition coefficient (Wildman–Crippen LogP) is 8.84. The van der Waals surface area contributed by atoms with E-state index in [4.69, 9.17) is 9.47 Å². The maximum atomic E-state index is 5.81. The number of benzene rings is 2. The van der Waals surface area contributed by atoms with Crippen LogP contribution >= 0.6 is 31.9 Å². The molecule has 0 aliphatic heterocycles. The standard InChI is InChI=1S/C26H36Br2O2/c27-21-23-11-15-25(16-12-23)29-19-9-7-5-3-1-2-4-6-8-10-20-30-26-17-13-24(22-28)14-18-26/h11-18H,1-10,19-22H2. The van der Waals surface area contributed by atoms with Crippen molar-refractivity contribution in [1.29, 1.82) is 0 Å². The van der Waals surface area contributed by atoms with E-state index in [0.717, 1.165) is 48.2 Å². The molecular weight excluding hydrogens is 504 g/mol. The van der Waals surface area contributed by atoms with E-state index in [0.29, 0.717) is 0 Å². The molecule has 4 heteroatoms. The smallest absolute Gasteiger partial charge is 0.119 e. The molecule has 0 aliphatic rings. The Labute approximate surface area is 200 Å². The molecule has 2 aromatic carbocycles. The summed E-state index contributed by atoms with van der Waals surface area (Å²) in [5, 5.41) is 1.79. The molecule has 2 rings (SSSR count). The second kappa shape index (κ2) is 16.7. The Bertz CT molecular complexity index is 596. The van der Waals surface area contributed by atoms with Gasteiger partial charge in [0, 0.05) is 10.7 Å². The number of hydrogen-bond donors (Lipinski definition) is 0. The fourth-order valence-electron chi connectivity index (χ4n) is 3.35. The van der Waals surface area contributed by atoms with Crippen LogP contribution in [0.4, 0.5) is 0 Å². The van der Waals surface area contributed by atoms with Gasteiger partial charge < -0.3 is 9.47 Å². The van der Waals surface area contributed by atoms with Crippen LogP contribution in [0.5, 0.6) is 11.5 Å². The van der Waals surface area contributed by atoms with Crippen molar-refractivity contribution in [3.8, 4) is 11.5 Å². The quantitative estimate of drug-likeness (QED) is 0.147. The van der Waals surface area contributed by atoms with Gasteiger partial charge >= 0.3 is 0 Å². The lowest BCUT2D eigenvalue weighted by Crippen LogP contribution is -1.97. The minimum atomic E-state index is 0.830. The van der Waals surface area contributed by atoms with Gasteiger partial charge in [-0.1, -0.05) is 107 Å². The first-order valence-corrected chi connectivity index (χ1v) is 13.6. The first kappa shape index (κ1) is 25.3. The lowest BCUT2D eigenvalue weighted by atomic mass is 10.1.